The zero-order valence-corrected chi connectivity index (χ0v) is 15.8. The van der Waals surface area contributed by atoms with E-state index in [-0.39, 0.29) is 22.6 Å². The number of nitro groups is 1. The third-order valence-electron chi connectivity index (χ3n) is 5.28. The molecular formula is C18H24BrN3O3. The predicted molar refractivity (Wildman–Crippen MR) is 101 cm³/mol. The summed E-state index contributed by atoms with van der Waals surface area (Å²) in [6.07, 6.45) is 7.16. The average molecular weight is 410 g/mol. The van der Waals surface area contributed by atoms with E-state index < -0.39 is 0 Å². The summed E-state index contributed by atoms with van der Waals surface area (Å²) >= 11 is 3.29. The fourth-order valence-corrected chi connectivity index (χ4v) is 4.29. The first-order chi connectivity index (χ1) is 12.0. The lowest BCUT2D eigenvalue weighted by Gasteiger charge is -2.33. The topological polar surface area (TPSA) is 75.5 Å². The second kappa shape index (κ2) is 8.17. The predicted octanol–water partition coefficient (Wildman–Crippen LogP) is 4.02. The van der Waals surface area contributed by atoms with Crippen LogP contribution < -0.4 is 10.2 Å². The number of hydrogen-bond donors (Lipinski definition) is 1. The smallest absolute Gasteiger partial charge is 0.293 e. The molecule has 0 atom stereocenters. The minimum atomic E-state index is -0.338. The van der Waals surface area contributed by atoms with Crippen LogP contribution in [0.5, 0.6) is 0 Å². The van der Waals surface area contributed by atoms with Crippen LogP contribution in [0.4, 0.5) is 11.4 Å². The monoisotopic (exact) mass is 409 g/mol. The Balaban J connectivity index is 1.53. The highest BCUT2D eigenvalue weighted by atomic mass is 79.9. The normalized spacial score (nSPS) is 19.2. The Morgan fingerprint density at radius 3 is 2.56 bits per heavy atom. The Morgan fingerprint density at radius 2 is 1.92 bits per heavy atom. The second-order valence-electron chi connectivity index (χ2n) is 7.07. The molecule has 25 heavy (non-hydrogen) atoms. The SMILES string of the molecule is O=C(CC1CCCC1)NC1CCN(c2ccc(Br)cc2[N+](=O)[O-])CC1. The molecule has 2 aliphatic rings. The highest BCUT2D eigenvalue weighted by molar-refractivity contribution is 9.10. The third-order valence-corrected chi connectivity index (χ3v) is 5.78. The van der Waals surface area contributed by atoms with Crippen molar-refractivity contribution in [1.82, 2.24) is 5.32 Å². The number of rotatable bonds is 5. The Bertz CT molecular complexity index is 638. The number of hydrogen-bond acceptors (Lipinski definition) is 4. The summed E-state index contributed by atoms with van der Waals surface area (Å²) in [5.41, 5.74) is 0.780. The number of halogens is 1. The number of nitrogens with one attached hydrogen (secondary N) is 1. The first-order valence-corrected chi connectivity index (χ1v) is 9.80. The molecule has 136 valence electrons. The fourth-order valence-electron chi connectivity index (χ4n) is 3.94. The van der Waals surface area contributed by atoms with Crippen LogP contribution >= 0.6 is 15.9 Å². The zero-order valence-electron chi connectivity index (χ0n) is 14.2. The van der Waals surface area contributed by atoms with E-state index in [1.165, 1.54) is 25.7 Å². The molecule has 1 N–H and O–H groups in total. The van der Waals surface area contributed by atoms with E-state index in [1.807, 2.05) is 11.0 Å². The lowest BCUT2D eigenvalue weighted by atomic mass is 10.0. The molecule has 0 bridgehead atoms. The van der Waals surface area contributed by atoms with Gasteiger partial charge in [-0.05, 0) is 43.7 Å². The summed E-state index contributed by atoms with van der Waals surface area (Å²) in [4.78, 5) is 25.2. The lowest BCUT2D eigenvalue weighted by Crippen LogP contribution is -2.45. The molecule has 3 rings (SSSR count). The standard InChI is InChI=1S/C18H24BrN3O3/c19-14-5-6-16(17(12-14)22(24)25)21-9-7-15(8-10-21)20-18(23)11-13-3-1-2-4-13/h5-6,12-13,15H,1-4,7-11H2,(H,20,23). The molecule has 0 spiro atoms. The van der Waals surface area contributed by atoms with E-state index in [0.717, 1.165) is 25.9 Å². The lowest BCUT2D eigenvalue weighted by molar-refractivity contribution is -0.384. The largest absolute Gasteiger partial charge is 0.366 e. The molecule has 1 amide bonds. The molecule has 1 aromatic rings. The molecule has 1 heterocycles. The minimum Gasteiger partial charge on any atom is -0.366 e. The second-order valence-corrected chi connectivity index (χ2v) is 7.99. The molecule has 7 heteroatoms. The fraction of sp³-hybridized carbons (Fsp3) is 0.611. The molecule has 0 aromatic heterocycles. The average Bonchev–Trinajstić information content (AvgIpc) is 3.08. The van der Waals surface area contributed by atoms with Crippen LogP contribution in [0.1, 0.15) is 44.9 Å². The maximum absolute atomic E-state index is 12.2. The maximum atomic E-state index is 12.2. The van der Waals surface area contributed by atoms with E-state index >= 15 is 0 Å². The van der Waals surface area contributed by atoms with Gasteiger partial charge in [-0.25, -0.2) is 0 Å². The molecule has 6 nitrogen and oxygen atoms in total. The molecule has 1 aromatic carbocycles. The van der Waals surface area contributed by atoms with Crippen LogP contribution in [0, 0.1) is 16.0 Å². The number of anilines is 1. The van der Waals surface area contributed by atoms with Gasteiger partial charge in [0.05, 0.1) is 4.92 Å². The molecule has 1 aliphatic carbocycles. The van der Waals surface area contributed by atoms with E-state index in [9.17, 15) is 14.9 Å². The number of carbonyl (C=O) groups excluding carboxylic acids is 1. The van der Waals surface area contributed by atoms with Gasteiger partial charge in [0.2, 0.25) is 5.91 Å². The quantitative estimate of drug-likeness (QED) is 0.588. The zero-order chi connectivity index (χ0) is 17.8. The van der Waals surface area contributed by atoms with Gasteiger partial charge in [-0.1, -0.05) is 28.8 Å². The summed E-state index contributed by atoms with van der Waals surface area (Å²) in [7, 11) is 0. The number of amides is 1. The van der Waals surface area contributed by atoms with Gasteiger partial charge >= 0.3 is 0 Å². The minimum absolute atomic E-state index is 0.123. The van der Waals surface area contributed by atoms with Crippen molar-refractivity contribution in [3.63, 3.8) is 0 Å². The van der Waals surface area contributed by atoms with Crippen molar-refractivity contribution in [2.24, 2.45) is 5.92 Å². The van der Waals surface area contributed by atoms with Crippen molar-refractivity contribution in [1.29, 1.82) is 0 Å². The number of carbonyl (C=O) groups is 1. The van der Waals surface area contributed by atoms with Gasteiger partial charge in [-0.2, -0.15) is 0 Å². The van der Waals surface area contributed by atoms with Gasteiger partial charge in [0.1, 0.15) is 5.69 Å². The van der Waals surface area contributed by atoms with Crippen LogP contribution in [-0.4, -0.2) is 30.0 Å². The molecule has 2 fully saturated rings. The van der Waals surface area contributed by atoms with Crippen molar-refractivity contribution >= 4 is 33.2 Å². The van der Waals surface area contributed by atoms with Crippen LogP contribution in [0.15, 0.2) is 22.7 Å². The van der Waals surface area contributed by atoms with Crippen molar-refractivity contribution in [3.05, 3.63) is 32.8 Å². The summed E-state index contributed by atoms with van der Waals surface area (Å²) < 4.78 is 0.706. The highest BCUT2D eigenvalue weighted by Gasteiger charge is 2.26. The number of nitro benzene ring substituents is 1. The summed E-state index contributed by atoms with van der Waals surface area (Å²) in [6, 6.07) is 5.35. The maximum Gasteiger partial charge on any atom is 0.293 e. The van der Waals surface area contributed by atoms with Gasteiger partial charge in [0, 0.05) is 36.1 Å². The van der Waals surface area contributed by atoms with Gasteiger partial charge < -0.3 is 10.2 Å². The van der Waals surface area contributed by atoms with Crippen molar-refractivity contribution < 1.29 is 9.72 Å². The molecule has 1 saturated carbocycles. The van der Waals surface area contributed by atoms with E-state index in [2.05, 4.69) is 21.2 Å². The van der Waals surface area contributed by atoms with Crippen LogP contribution in [-0.2, 0) is 4.79 Å². The highest BCUT2D eigenvalue weighted by Crippen LogP contribution is 2.33. The summed E-state index contributed by atoms with van der Waals surface area (Å²) in [5, 5.41) is 14.4. The van der Waals surface area contributed by atoms with Crippen LogP contribution in [0.25, 0.3) is 0 Å². The van der Waals surface area contributed by atoms with Crippen molar-refractivity contribution in [2.45, 2.75) is 51.0 Å². The summed E-state index contributed by atoms with van der Waals surface area (Å²) in [5.74, 6) is 0.727. The molecule has 0 radical (unpaired) electrons. The van der Waals surface area contributed by atoms with E-state index in [0.29, 0.717) is 22.5 Å². The van der Waals surface area contributed by atoms with Crippen molar-refractivity contribution in [2.75, 3.05) is 18.0 Å². The molecule has 1 aliphatic heterocycles. The van der Waals surface area contributed by atoms with Gasteiger partial charge in [-0.3, -0.25) is 14.9 Å². The van der Waals surface area contributed by atoms with E-state index in [1.54, 1.807) is 12.1 Å². The van der Waals surface area contributed by atoms with Crippen molar-refractivity contribution in [3.8, 4) is 0 Å². The number of nitrogens with zero attached hydrogens (tertiary/aromatic N) is 2. The molecule has 1 saturated heterocycles. The van der Waals surface area contributed by atoms with Crippen LogP contribution in [0.3, 0.4) is 0 Å². The Kier molecular flexibility index (Phi) is 5.93. The van der Waals surface area contributed by atoms with Gasteiger partial charge in [0.25, 0.3) is 5.69 Å². The third kappa shape index (κ3) is 4.71. The Labute approximate surface area is 156 Å². The summed E-state index contributed by atoms with van der Waals surface area (Å²) in [6.45, 7) is 1.44. The van der Waals surface area contributed by atoms with E-state index in [4.69, 9.17) is 0 Å². The first kappa shape index (κ1) is 18.2. The molecular weight excluding hydrogens is 386 g/mol. The first-order valence-electron chi connectivity index (χ1n) is 9.01. The Hall–Kier alpha value is -1.63. The molecule has 0 unspecified atom stereocenters. The number of piperidine rings is 1. The van der Waals surface area contributed by atoms with Gasteiger partial charge in [-0.15, -0.1) is 0 Å². The van der Waals surface area contributed by atoms with Gasteiger partial charge in [0.15, 0.2) is 0 Å². The number of benzene rings is 1. The van der Waals surface area contributed by atoms with Crippen LogP contribution in [0.2, 0.25) is 0 Å². The Morgan fingerprint density at radius 1 is 1.24 bits per heavy atom.